The van der Waals surface area contributed by atoms with Crippen molar-refractivity contribution in [3.05, 3.63) is 57.8 Å². The van der Waals surface area contributed by atoms with Crippen LogP contribution in [-0.4, -0.2) is 11.1 Å². The van der Waals surface area contributed by atoms with Crippen molar-refractivity contribution in [1.29, 1.82) is 0 Å². The molecule has 0 aliphatic carbocycles. The third-order valence-electron chi connectivity index (χ3n) is 2.55. The van der Waals surface area contributed by atoms with E-state index in [0.717, 1.165) is 0 Å². The van der Waals surface area contributed by atoms with Crippen LogP contribution in [0.25, 0.3) is 0 Å². The number of rotatable bonds is 3. The minimum absolute atomic E-state index is 0.148. The molecule has 2 rings (SSSR count). The number of ether oxygens (including phenoxy) is 1. The van der Waals surface area contributed by atoms with Gasteiger partial charge >= 0.3 is 5.97 Å². The van der Waals surface area contributed by atoms with Gasteiger partial charge in [-0.05, 0) is 52.7 Å². The van der Waals surface area contributed by atoms with E-state index in [1.54, 1.807) is 19.1 Å². The number of hydrogen-bond acceptors (Lipinski definition) is 2. The first-order valence-electron chi connectivity index (χ1n) is 5.44. The van der Waals surface area contributed by atoms with Crippen LogP contribution >= 0.6 is 15.9 Å². The van der Waals surface area contributed by atoms with E-state index in [-0.39, 0.29) is 11.4 Å². The average Bonchev–Trinajstić information content (AvgIpc) is 2.36. The van der Waals surface area contributed by atoms with Crippen LogP contribution in [0, 0.1) is 12.7 Å². The Bertz CT molecular complexity index is 641. The van der Waals surface area contributed by atoms with Crippen LogP contribution in [0.1, 0.15) is 15.9 Å². The van der Waals surface area contributed by atoms with E-state index in [4.69, 9.17) is 9.84 Å². The molecule has 0 aliphatic heterocycles. The fourth-order valence-electron chi connectivity index (χ4n) is 1.48. The van der Waals surface area contributed by atoms with Crippen molar-refractivity contribution in [2.75, 3.05) is 0 Å². The van der Waals surface area contributed by atoms with Crippen molar-refractivity contribution in [2.24, 2.45) is 0 Å². The number of aryl methyl sites for hydroxylation is 1. The number of aromatic carboxylic acids is 1. The molecule has 0 unspecified atom stereocenters. The zero-order chi connectivity index (χ0) is 14.0. The number of carboxylic acid groups (broad SMARTS) is 1. The summed E-state index contributed by atoms with van der Waals surface area (Å²) in [4.78, 5) is 10.8. The molecular formula is C14H10BrFO3. The minimum Gasteiger partial charge on any atom is -0.478 e. The third kappa shape index (κ3) is 3.12. The quantitative estimate of drug-likeness (QED) is 0.910. The zero-order valence-electron chi connectivity index (χ0n) is 9.98. The maximum atomic E-state index is 13.4. The molecule has 5 heteroatoms. The lowest BCUT2D eigenvalue weighted by Gasteiger charge is -2.09. The number of halogens is 2. The Balaban J connectivity index is 2.28. The second-order valence-corrected chi connectivity index (χ2v) is 4.82. The molecule has 0 fully saturated rings. The summed E-state index contributed by atoms with van der Waals surface area (Å²) in [5, 5.41) is 8.85. The van der Waals surface area contributed by atoms with Gasteiger partial charge in [0.15, 0.2) is 0 Å². The summed E-state index contributed by atoms with van der Waals surface area (Å²) >= 11 is 3.22. The molecule has 98 valence electrons. The molecule has 0 aliphatic rings. The fraction of sp³-hybridized carbons (Fsp3) is 0.0714. The highest BCUT2D eigenvalue weighted by atomic mass is 79.9. The van der Waals surface area contributed by atoms with Crippen LogP contribution < -0.4 is 4.74 Å². The van der Waals surface area contributed by atoms with Gasteiger partial charge in [-0.15, -0.1) is 0 Å². The van der Waals surface area contributed by atoms with E-state index in [9.17, 15) is 9.18 Å². The van der Waals surface area contributed by atoms with Gasteiger partial charge in [-0.1, -0.05) is 6.07 Å². The molecule has 0 heterocycles. The zero-order valence-corrected chi connectivity index (χ0v) is 11.6. The van der Waals surface area contributed by atoms with Crippen molar-refractivity contribution in [1.82, 2.24) is 0 Å². The fourth-order valence-corrected chi connectivity index (χ4v) is 1.94. The summed E-state index contributed by atoms with van der Waals surface area (Å²) < 4.78 is 19.4. The predicted octanol–water partition coefficient (Wildman–Crippen LogP) is 4.39. The topological polar surface area (TPSA) is 46.5 Å². The molecule has 0 radical (unpaired) electrons. The molecule has 0 bridgehead atoms. The van der Waals surface area contributed by atoms with Crippen LogP contribution in [0.15, 0.2) is 40.9 Å². The number of benzene rings is 2. The Kier molecular flexibility index (Phi) is 3.85. The molecular weight excluding hydrogens is 315 g/mol. The van der Waals surface area contributed by atoms with Gasteiger partial charge in [0.05, 0.1) is 10.0 Å². The van der Waals surface area contributed by atoms with Gasteiger partial charge in [0.25, 0.3) is 0 Å². The first kappa shape index (κ1) is 13.5. The summed E-state index contributed by atoms with van der Waals surface area (Å²) in [6.07, 6.45) is 0. The van der Waals surface area contributed by atoms with E-state index < -0.39 is 5.97 Å². The van der Waals surface area contributed by atoms with Gasteiger partial charge in [0, 0.05) is 6.07 Å². The standard InChI is InChI=1S/C14H10BrFO3/c1-8-2-4-10(7-12(8)16)19-13-5-3-9(14(17)18)6-11(13)15/h2-7H,1H3,(H,17,18). The van der Waals surface area contributed by atoms with E-state index >= 15 is 0 Å². The Morgan fingerprint density at radius 1 is 1.26 bits per heavy atom. The third-order valence-corrected chi connectivity index (χ3v) is 3.17. The van der Waals surface area contributed by atoms with Crippen LogP contribution in [-0.2, 0) is 0 Å². The molecule has 2 aromatic carbocycles. The van der Waals surface area contributed by atoms with Gasteiger partial charge in [-0.3, -0.25) is 0 Å². The van der Waals surface area contributed by atoms with E-state index in [0.29, 0.717) is 21.5 Å². The Morgan fingerprint density at radius 2 is 2.00 bits per heavy atom. The molecule has 2 aromatic rings. The highest BCUT2D eigenvalue weighted by Gasteiger charge is 2.09. The lowest BCUT2D eigenvalue weighted by molar-refractivity contribution is 0.0697. The van der Waals surface area contributed by atoms with Gasteiger partial charge < -0.3 is 9.84 Å². The molecule has 0 saturated heterocycles. The second kappa shape index (κ2) is 5.40. The van der Waals surface area contributed by atoms with E-state index in [1.807, 2.05) is 0 Å². The number of hydrogen-bond donors (Lipinski definition) is 1. The monoisotopic (exact) mass is 324 g/mol. The van der Waals surface area contributed by atoms with Gasteiger partial charge in [-0.25, -0.2) is 9.18 Å². The van der Waals surface area contributed by atoms with E-state index in [1.165, 1.54) is 24.3 Å². The summed E-state index contributed by atoms with van der Waals surface area (Å²) in [6.45, 7) is 1.66. The lowest BCUT2D eigenvalue weighted by Crippen LogP contribution is -1.96. The summed E-state index contributed by atoms with van der Waals surface area (Å²) in [5.41, 5.74) is 0.682. The molecule has 3 nitrogen and oxygen atoms in total. The number of carboxylic acids is 1. The normalized spacial score (nSPS) is 10.3. The first-order valence-corrected chi connectivity index (χ1v) is 6.23. The second-order valence-electron chi connectivity index (χ2n) is 3.96. The van der Waals surface area contributed by atoms with Gasteiger partial charge in [0.2, 0.25) is 0 Å². The molecule has 0 amide bonds. The Labute approximate surface area is 117 Å². The average molecular weight is 325 g/mol. The minimum atomic E-state index is -1.02. The molecule has 0 saturated carbocycles. The summed E-state index contributed by atoms with van der Waals surface area (Å²) in [7, 11) is 0. The Morgan fingerprint density at radius 3 is 2.58 bits per heavy atom. The van der Waals surface area contributed by atoms with Crippen molar-refractivity contribution >= 4 is 21.9 Å². The van der Waals surface area contributed by atoms with Crippen molar-refractivity contribution < 1.29 is 19.0 Å². The summed E-state index contributed by atoms with van der Waals surface area (Å²) in [5.74, 6) is -0.593. The van der Waals surface area contributed by atoms with Crippen LogP contribution in [0.4, 0.5) is 4.39 Å². The predicted molar refractivity (Wildman–Crippen MR) is 72.3 cm³/mol. The van der Waals surface area contributed by atoms with Crippen molar-refractivity contribution in [3.63, 3.8) is 0 Å². The highest BCUT2D eigenvalue weighted by Crippen LogP contribution is 2.31. The Hall–Kier alpha value is -1.88. The van der Waals surface area contributed by atoms with E-state index in [2.05, 4.69) is 15.9 Å². The largest absolute Gasteiger partial charge is 0.478 e. The first-order chi connectivity index (χ1) is 8.97. The highest BCUT2D eigenvalue weighted by molar-refractivity contribution is 9.10. The molecule has 0 atom stereocenters. The lowest BCUT2D eigenvalue weighted by atomic mass is 10.2. The van der Waals surface area contributed by atoms with Gasteiger partial charge in [0.1, 0.15) is 17.3 Å². The molecule has 0 aromatic heterocycles. The number of carbonyl (C=O) groups is 1. The van der Waals surface area contributed by atoms with Crippen LogP contribution in [0.5, 0.6) is 11.5 Å². The SMILES string of the molecule is Cc1ccc(Oc2ccc(C(=O)O)cc2Br)cc1F. The van der Waals surface area contributed by atoms with Crippen molar-refractivity contribution in [3.8, 4) is 11.5 Å². The molecule has 19 heavy (non-hydrogen) atoms. The molecule has 0 spiro atoms. The van der Waals surface area contributed by atoms with Crippen molar-refractivity contribution in [2.45, 2.75) is 6.92 Å². The molecule has 1 N–H and O–H groups in total. The van der Waals surface area contributed by atoms with Crippen LogP contribution in [0.3, 0.4) is 0 Å². The maximum absolute atomic E-state index is 13.4. The van der Waals surface area contributed by atoms with Crippen LogP contribution in [0.2, 0.25) is 0 Å². The smallest absolute Gasteiger partial charge is 0.335 e. The maximum Gasteiger partial charge on any atom is 0.335 e. The summed E-state index contributed by atoms with van der Waals surface area (Å²) in [6, 6.07) is 8.92. The van der Waals surface area contributed by atoms with Gasteiger partial charge in [-0.2, -0.15) is 0 Å².